The number of hydrogen-bond acceptors (Lipinski definition) is 3. The van der Waals surface area contributed by atoms with Gasteiger partial charge in [0.05, 0.1) is 6.20 Å². The minimum absolute atomic E-state index is 0.0948. The molecular weight excluding hydrogens is 197 g/mol. The van der Waals surface area contributed by atoms with Crippen molar-refractivity contribution in [1.82, 2.24) is 14.8 Å². The molecule has 2 rings (SSSR count). The Morgan fingerprint density at radius 2 is 2.20 bits per heavy atom. The molecule has 6 heteroatoms. The first kappa shape index (κ1) is 9.45. The lowest BCUT2D eigenvalue weighted by atomic mass is 10.2. The highest BCUT2D eigenvalue weighted by molar-refractivity contribution is 5.61. The van der Waals surface area contributed by atoms with E-state index in [1.807, 2.05) is 0 Å². The molecule has 0 aromatic carbocycles. The summed E-state index contributed by atoms with van der Waals surface area (Å²) in [6, 6.07) is 1.33. The van der Waals surface area contributed by atoms with E-state index in [0.717, 1.165) is 5.56 Å². The van der Waals surface area contributed by atoms with E-state index in [0.29, 0.717) is 5.56 Å². The van der Waals surface area contributed by atoms with Crippen LogP contribution in [0.3, 0.4) is 0 Å². The molecule has 15 heavy (non-hydrogen) atoms. The molecule has 0 fully saturated rings. The Hall–Kier alpha value is -2.11. The largest absolute Gasteiger partial charge is 0.275 e. The van der Waals surface area contributed by atoms with E-state index in [-0.39, 0.29) is 5.82 Å². The second-order valence-corrected chi connectivity index (χ2v) is 3.06. The van der Waals surface area contributed by atoms with Gasteiger partial charge in [-0.05, 0) is 6.07 Å². The number of aryl methyl sites for hydroxylation is 1. The second kappa shape index (κ2) is 3.56. The van der Waals surface area contributed by atoms with Crippen LogP contribution in [0, 0.1) is 5.82 Å². The van der Waals surface area contributed by atoms with E-state index in [1.165, 1.54) is 12.3 Å². The van der Waals surface area contributed by atoms with E-state index in [1.54, 1.807) is 24.1 Å². The van der Waals surface area contributed by atoms with E-state index >= 15 is 0 Å². The zero-order valence-electron chi connectivity index (χ0n) is 8.05. The summed E-state index contributed by atoms with van der Waals surface area (Å²) in [7, 11) is 1.79. The summed E-state index contributed by atoms with van der Waals surface area (Å²) in [6.07, 6.45) is 4.91. The molecule has 0 aliphatic carbocycles. The van der Waals surface area contributed by atoms with Gasteiger partial charge in [0.1, 0.15) is 0 Å². The number of halogens is 1. The number of aromatic nitrogens is 3. The summed E-state index contributed by atoms with van der Waals surface area (Å²) in [5, 5.41) is 7.19. The summed E-state index contributed by atoms with van der Waals surface area (Å²) in [5.41, 5.74) is 6.39. The lowest BCUT2D eigenvalue weighted by molar-refractivity contribution is -0.211. The number of nitrogens with zero attached hydrogens (tertiary/aromatic N) is 4. The van der Waals surface area contributed by atoms with Crippen LogP contribution in [-0.2, 0) is 7.05 Å². The molecule has 0 aliphatic rings. The number of hydrogen-bond donors (Lipinski definition) is 1. The Labute approximate surface area is 85.1 Å². The predicted octanol–water partition coefficient (Wildman–Crippen LogP) is 0.464. The Kier molecular flexibility index (Phi) is 2.24. The topological polar surface area (TPSA) is 68.7 Å². The molecule has 2 aromatic rings. The molecule has 2 heterocycles. The van der Waals surface area contributed by atoms with Crippen LogP contribution < -0.4 is 5.53 Å². The third kappa shape index (κ3) is 1.74. The van der Waals surface area contributed by atoms with Crippen LogP contribution in [0.2, 0.25) is 0 Å². The summed E-state index contributed by atoms with van der Waals surface area (Å²) >= 11 is 0. The van der Waals surface area contributed by atoms with Crippen molar-refractivity contribution in [3.63, 3.8) is 0 Å². The van der Waals surface area contributed by atoms with Gasteiger partial charge in [0.25, 0.3) is 5.82 Å². The maximum Gasteiger partial charge on any atom is 0.254 e. The standard InChI is InChI=1S/C9H8FN5/c1-15-5-7(4-13-15)6-2-8(10)9(14-11)12-3-6/h2-5,11H,1H3/p+1. The highest BCUT2D eigenvalue weighted by Gasteiger charge is 2.08. The molecule has 0 spiro atoms. The first-order valence-electron chi connectivity index (χ1n) is 4.26. The fourth-order valence-corrected chi connectivity index (χ4v) is 1.25. The average Bonchev–Trinajstić information content (AvgIpc) is 2.65. The average molecular weight is 206 g/mol. The Morgan fingerprint density at radius 1 is 1.40 bits per heavy atom. The van der Waals surface area contributed by atoms with Crippen molar-refractivity contribution < 1.29 is 9.92 Å². The zero-order chi connectivity index (χ0) is 10.8. The van der Waals surface area contributed by atoms with Gasteiger partial charge >= 0.3 is 0 Å². The summed E-state index contributed by atoms with van der Waals surface area (Å²) in [6.45, 7) is 0. The molecule has 0 amide bonds. The first-order chi connectivity index (χ1) is 7.20. The van der Waals surface area contributed by atoms with Gasteiger partial charge in [0.2, 0.25) is 0 Å². The SMILES string of the molecule is Cn1cc(-c2cnc(N=[NH2+])c(F)c2)cn1. The quantitative estimate of drug-likeness (QED) is 0.725. The molecule has 2 aromatic heterocycles. The maximum atomic E-state index is 13.3. The van der Waals surface area contributed by atoms with E-state index in [4.69, 9.17) is 5.53 Å². The van der Waals surface area contributed by atoms with E-state index in [2.05, 4.69) is 15.2 Å². The van der Waals surface area contributed by atoms with Crippen LogP contribution in [-0.4, -0.2) is 14.8 Å². The van der Waals surface area contributed by atoms with Crippen molar-refractivity contribution >= 4 is 5.82 Å². The van der Waals surface area contributed by atoms with Crippen LogP contribution in [0.4, 0.5) is 10.2 Å². The number of rotatable bonds is 2. The third-order valence-corrected chi connectivity index (χ3v) is 1.98. The van der Waals surface area contributed by atoms with Crippen molar-refractivity contribution in [2.24, 2.45) is 12.2 Å². The fraction of sp³-hybridized carbons (Fsp3) is 0.111. The Bertz CT molecular complexity index is 505. The molecule has 0 aliphatic heterocycles. The van der Waals surface area contributed by atoms with Crippen molar-refractivity contribution in [3.8, 4) is 11.1 Å². The molecular formula is C9H9FN5+. The van der Waals surface area contributed by atoms with E-state index < -0.39 is 5.82 Å². The van der Waals surface area contributed by atoms with Crippen molar-refractivity contribution in [1.29, 1.82) is 0 Å². The van der Waals surface area contributed by atoms with E-state index in [9.17, 15) is 4.39 Å². The predicted molar refractivity (Wildman–Crippen MR) is 50.4 cm³/mol. The molecule has 0 atom stereocenters. The van der Waals surface area contributed by atoms with Crippen molar-refractivity contribution in [3.05, 3.63) is 30.5 Å². The van der Waals surface area contributed by atoms with Crippen LogP contribution in [0.15, 0.2) is 29.8 Å². The first-order valence-corrected chi connectivity index (χ1v) is 4.26. The molecule has 0 saturated heterocycles. The lowest BCUT2D eigenvalue weighted by Gasteiger charge is -1.96. The molecule has 0 radical (unpaired) electrons. The fourth-order valence-electron chi connectivity index (χ4n) is 1.25. The zero-order valence-corrected chi connectivity index (χ0v) is 8.05. The molecule has 0 bridgehead atoms. The normalized spacial score (nSPS) is 10.3. The minimum atomic E-state index is -0.543. The summed E-state index contributed by atoms with van der Waals surface area (Å²) < 4.78 is 14.9. The van der Waals surface area contributed by atoms with Gasteiger partial charge in [-0.25, -0.2) is 9.37 Å². The third-order valence-electron chi connectivity index (χ3n) is 1.98. The van der Waals surface area contributed by atoms with Gasteiger partial charge in [-0.15, -0.1) is 0 Å². The molecule has 0 unspecified atom stereocenters. The number of nitrogens with two attached hydrogens (primary N) is 1. The molecule has 76 valence electrons. The van der Waals surface area contributed by atoms with Crippen LogP contribution in [0.5, 0.6) is 0 Å². The van der Waals surface area contributed by atoms with Gasteiger partial charge in [-0.3, -0.25) is 4.68 Å². The second-order valence-electron chi connectivity index (χ2n) is 3.06. The molecule has 2 N–H and O–H groups in total. The maximum absolute atomic E-state index is 13.3. The van der Waals surface area contributed by atoms with Gasteiger partial charge < -0.3 is 0 Å². The smallest absolute Gasteiger partial charge is 0.254 e. The van der Waals surface area contributed by atoms with Gasteiger partial charge in [0.15, 0.2) is 5.82 Å². The van der Waals surface area contributed by atoms with Gasteiger partial charge in [-0.1, -0.05) is 0 Å². The number of pyridine rings is 1. The van der Waals surface area contributed by atoms with Crippen LogP contribution in [0.1, 0.15) is 0 Å². The molecule has 5 nitrogen and oxygen atoms in total. The highest BCUT2D eigenvalue weighted by Crippen LogP contribution is 2.22. The summed E-state index contributed by atoms with van der Waals surface area (Å²) in [4.78, 5) is 3.78. The monoisotopic (exact) mass is 206 g/mol. The van der Waals surface area contributed by atoms with Gasteiger partial charge in [-0.2, -0.15) is 10.6 Å². The minimum Gasteiger partial charge on any atom is -0.275 e. The molecule has 0 saturated carbocycles. The summed E-state index contributed by atoms with van der Waals surface area (Å²) in [5.74, 6) is -0.638. The Balaban J connectivity index is 2.46. The lowest BCUT2D eigenvalue weighted by Crippen LogP contribution is -2.22. The Morgan fingerprint density at radius 3 is 2.73 bits per heavy atom. The van der Waals surface area contributed by atoms with Crippen molar-refractivity contribution in [2.75, 3.05) is 0 Å². The van der Waals surface area contributed by atoms with Crippen molar-refractivity contribution in [2.45, 2.75) is 0 Å². The van der Waals surface area contributed by atoms with Gasteiger partial charge in [0, 0.05) is 35.7 Å². The van der Waals surface area contributed by atoms with Crippen LogP contribution >= 0.6 is 0 Å². The highest BCUT2D eigenvalue weighted by atomic mass is 19.1. The van der Waals surface area contributed by atoms with Crippen LogP contribution in [0.25, 0.3) is 11.1 Å².